The average Bonchev–Trinajstić information content (AvgIpc) is 2.47. The van der Waals surface area contributed by atoms with Crippen molar-refractivity contribution in [1.29, 1.82) is 0 Å². The molecule has 0 atom stereocenters. The van der Waals surface area contributed by atoms with Gasteiger partial charge in [-0.05, 0) is 6.42 Å². The van der Waals surface area contributed by atoms with Gasteiger partial charge >= 0.3 is 5.97 Å². The number of thioether (sulfide) groups is 1. The largest absolute Gasteiger partial charge is 0.481 e. The van der Waals surface area contributed by atoms with Crippen molar-refractivity contribution < 1.29 is 9.90 Å². The second-order valence-corrected chi connectivity index (χ2v) is 4.19. The van der Waals surface area contributed by atoms with Gasteiger partial charge in [-0.2, -0.15) is 5.10 Å². The first-order valence-electron chi connectivity index (χ1n) is 4.81. The molecule has 84 valence electrons. The molecule has 0 aliphatic heterocycles. The highest BCUT2D eigenvalue weighted by atomic mass is 32.2. The van der Waals surface area contributed by atoms with E-state index in [-0.39, 0.29) is 5.75 Å². The Hall–Kier alpha value is -1.04. The minimum absolute atomic E-state index is 0.107. The van der Waals surface area contributed by atoms with Crippen molar-refractivity contribution in [3.05, 3.63) is 11.6 Å². The summed E-state index contributed by atoms with van der Waals surface area (Å²) in [6.45, 7) is 2.08. The molecule has 5 nitrogen and oxygen atoms in total. The summed E-state index contributed by atoms with van der Waals surface area (Å²) in [5.41, 5.74) is 0. The topological polar surface area (TPSA) is 68.0 Å². The molecule has 1 heterocycles. The van der Waals surface area contributed by atoms with E-state index in [0.717, 1.165) is 24.5 Å². The Morgan fingerprint density at radius 1 is 1.60 bits per heavy atom. The first kappa shape index (κ1) is 12.0. The van der Waals surface area contributed by atoms with Gasteiger partial charge in [0.15, 0.2) is 5.82 Å². The van der Waals surface area contributed by atoms with Crippen LogP contribution in [0.2, 0.25) is 0 Å². The van der Waals surface area contributed by atoms with Gasteiger partial charge in [-0.1, -0.05) is 6.92 Å². The van der Waals surface area contributed by atoms with Crippen LogP contribution in [-0.4, -0.2) is 31.6 Å². The van der Waals surface area contributed by atoms with Gasteiger partial charge in [0, 0.05) is 13.5 Å². The number of rotatable bonds is 6. The molecule has 0 saturated carbocycles. The summed E-state index contributed by atoms with van der Waals surface area (Å²) >= 11 is 1.34. The second kappa shape index (κ2) is 5.75. The number of aryl methyl sites for hydroxylation is 2. The summed E-state index contributed by atoms with van der Waals surface area (Å²) in [6, 6.07) is 0. The van der Waals surface area contributed by atoms with Crippen LogP contribution in [0.3, 0.4) is 0 Å². The molecule has 0 spiro atoms. The minimum atomic E-state index is -0.795. The molecule has 0 aliphatic rings. The number of aromatic nitrogens is 3. The first-order valence-corrected chi connectivity index (χ1v) is 5.97. The molecule has 0 unspecified atom stereocenters. The van der Waals surface area contributed by atoms with Crippen LogP contribution in [0.15, 0.2) is 0 Å². The van der Waals surface area contributed by atoms with Crippen molar-refractivity contribution in [2.45, 2.75) is 25.5 Å². The van der Waals surface area contributed by atoms with Crippen LogP contribution in [0.1, 0.15) is 25.0 Å². The standard InChI is InChI=1S/C9H15N3O2S/c1-3-4-7-10-8(12(2)11-7)5-15-6-9(13)14/h3-6H2,1-2H3,(H,13,14). The molecule has 0 saturated heterocycles. The average molecular weight is 229 g/mol. The number of aliphatic carboxylic acids is 1. The van der Waals surface area contributed by atoms with Crippen LogP contribution in [0, 0.1) is 0 Å². The Kier molecular flexibility index (Phi) is 4.61. The van der Waals surface area contributed by atoms with Crippen molar-refractivity contribution >= 4 is 17.7 Å². The van der Waals surface area contributed by atoms with Crippen molar-refractivity contribution in [2.24, 2.45) is 7.05 Å². The van der Waals surface area contributed by atoms with Gasteiger partial charge in [-0.3, -0.25) is 9.48 Å². The van der Waals surface area contributed by atoms with Gasteiger partial charge in [0.05, 0.1) is 11.5 Å². The zero-order chi connectivity index (χ0) is 11.3. The Bertz CT molecular complexity index is 338. The van der Waals surface area contributed by atoms with Crippen LogP contribution in [0.5, 0.6) is 0 Å². The molecular formula is C9H15N3O2S. The predicted molar refractivity (Wildman–Crippen MR) is 58.8 cm³/mol. The van der Waals surface area contributed by atoms with Gasteiger partial charge in [-0.15, -0.1) is 11.8 Å². The van der Waals surface area contributed by atoms with E-state index in [4.69, 9.17) is 5.11 Å². The van der Waals surface area contributed by atoms with E-state index in [1.54, 1.807) is 4.68 Å². The normalized spacial score (nSPS) is 10.5. The molecule has 0 fully saturated rings. The lowest BCUT2D eigenvalue weighted by Crippen LogP contribution is -2.01. The molecule has 1 rings (SSSR count). The van der Waals surface area contributed by atoms with Crippen molar-refractivity contribution in [1.82, 2.24) is 14.8 Å². The van der Waals surface area contributed by atoms with Gasteiger partial charge in [-0.25, -0.2) is 4.98 Å². The summed E-state index contributed by atoms with van der Waals surface area (Å²) in [5.74, 6) is 1.58. The third-order valence-corrected chi connectivity index (χ3v) is 2.74. The van der Waals surface area contributed by atoms with E-state index in [2.05, 4.69) is 17.0 Å². The van der Waals surface area contributed by atoms with Gasteiger partial charge < -0.3 is 5.11 Å². The van der Waals surface area contributed by atoms with E-state index in [0.29, 0.717) is 5.75 Å². The number of carbonyl (C=O) groups is 1. The lowest BCUT2D eigenvalue weighted by Gasteiger charge is -1.97. The third kappa shape index (κ3) is 3.91. The van der Waals surface area contributed by atoms with E-state index in [9.17, 15) is 4.79 Å². The zero-order valence-electron chi connectivity index (χ0n) is 8.93. The Labute approximate surface area is 92.9 Å². The molecular weight excluding hydrogens is 214 g/mol. The molecule has 1 aromatic rings. The molecule has 15 heavy (non-hydrogen) atoms. The quantitative estimate of drug-likeness (QED) is 0.790. The minimum Gasteiger partial charge on any atom is -0.481 e. The Morgan fingerprint density at radius 2 is 2.33 bits per heavy atom. The maximum absolute atomic E-state index is 10.3. The van der Waals surface area contributed by atoms with E-state index in [1.807, 2.05) is 7.05 Å². The van der Waals surface area contributed by atoms with Crippen LogP contribution in [0.4, 0.5) is 0 Å². The van der Waals surface area contributed by atoms with E-state index in [1.165, 1.54) is 11.8 Å². The highest BCUT2D eigenvalue weighted by Crippen LogP contribution is 2.10. The first-order chi connectivity index (χ1) is 7.13. The predicted octanol–water partition coefficient (Wildman–Crippen LogP) is 1.09. The number of hydrogen-bond donors (Lipinski definition) is 1. The maximum Gasteiger partial charge on any atom is 0.313 e. The molecule has 1 aromatic heterocycles. The molecule has 0 bridgehead atoms. The zero-order valence-corrected chi connectivity index (χ0v) is 9.75. The fourth-order valence-electron chi connectivity index (χ4n) is 1.16. The summed E-state index contributed by atoms with van der Waals surface area (Å²) in [6.07, 6.45) is 1.89. The summed E-state index contributed by atoms with van der Waals surface area (Å²) < 4.78 is 1.72. The van der Waals surface area contributed by atoms with Gasteiger partial charge in [0.2, 0.25) is 0 Å². The fraction of sp³-hybridized carbons (Fsp3) is 0.667. The van der Waals surface area contributed by atoms with Crippen molar-refractivity contribution in [2.75, 3.05) is 5.75 Å². The molecule has 1 N–H and O–H groups in total. The van der Waals surface area contributed by atoms with Gasteiger partial charge in [0.1, 0.15) is 5.82 Å². The summed E-state index contributed by atoms with van der Waals surface area (Å²) in [7, 11) is 1.84. The molecule has 0 radical (unpaired) electrons. The number of nitrogens with zero attached hydrogens (tertiary/aromatic N) is 3. The van der Waals surface area contributed by atoms with E-state index < -0.39 is 5.97 Å². The van der Waals surface area contributed by atoms with Crippen LogP contribution in [-0.2, 0) is 24.0 Å². The Balaban J connectivity index is 2.49. The van der Waals surface area contributed by atoms with Crippen LogP contribution in [0.25, 0.3) is 0 Å². The smallest absolute Gasteiger partial charge is 0.313 e. The highest BCUT2D eigenvalue weighted by Gasteiger charge is 2.07. The maximum atomic E-state index is 10.3. The molecule has 0 aromatic carbocycles. The van der Waals surface area contributed by atoms with Crippen molar-refractivity contribution in [3.63, 3.8) is 0 Å². The second-order valence-electron chi connectivity index (χ2n) is 3.20. The lowest BCUT2D eigenvalue weighted by molar-refractivity contribution is -0.133. The SMILES string of the molecule is CCCc1nc(CSCC(=O)O)n(C)n1. The molecule has 0 aliphatic carbocycles. The number of hydrogen-bond acceptors (Lipinski definition) is 4. The summed E-state index contributed by atoms with van der Waals surface area (Å²) in [4.78, 5) is 14.7. The fourth-order valence-corrected chi connectivity index (χ4v) is 1.87. The Morgan fingerprint density at radius 3 is 2.93 bits per heavy atom. The highest BCUT2D eigenvalue weighted by molar-refractivity contribution is 7.99. The van der Waals surface area contributed by atoms with Gasteiger partial charge in [0.25, 0.3) is 0 Å². The van der Waals surface area contributed by atoms with Crippen LogP contribution >= 0.6 is 11.8 Å². The summed E-state index contributed by atoms with van der Waals surface area (Å²) in [5, 5.41) is 12.7. The third-order valence-electron chi connectivity index (χ3n) is 1.83. The molecule has 6 heteroatoms. The lowest BCUT2D eigenvalue weighted by atomic mass is 10.3. The number of carboxylic acids is 1. The van der Waals surface area contributed by atoms with E-state index >= 15 is 0 Å². The monoisotopic (exact) mass is 229 g/mol. The molecule has 0 amide bonds. The number of carboxylic acid groups (broad SMARTS) is 1. The van der Waals surface area contributed by atoms with Crippen molar-refractivity contribution in [3.8, 4) is 0 Å². The van der Waals surface area contributed by atoms with Crippen LogP contribution < -0.4 is 0 Å².